The molecule has 4 aromatic carbocycles. The SMILES string of the molecule is C1=CC(c2ccc3c(c2)Oc2ccccc2C32C3=C(C=CCC3)C3=C2CCC=C3)CC(c2nc(-c3ccccc3)c3ccccc3n2)=C1. The monoisotopic (exact) mass is 618 g/mol. The lowest BCUT2D eigenvalue weighted by Gasteiger charge is -2.43. The Labute approximate surface area is 281 Å². The number of ether oxygens (including phenoxy) is 1. The molecule has 1 aliphatic heterocycles. The maximum absolute atomic E-state index is 6.83. The summed E-state index contributed by atoms with van der Waals surface area (Å²) in [6.45, 7) is 0. The zero-order chi connectivity index (χ0) is 31.7. The third-order valence-corrected chi connectivity index (χ3v) is 10.9. The van der Waals surface area contributed by atoms with Gasteiger partial charge < -0.3 is 4.74 Å². The quantitative estimate of drug-likeness (QED) is 0.202. The maximum atomic E-state index is 6.83. The number of rotatable bonds is 3. The van der Waals surface area contributed by atoms with Crippen molar-refractivity contribution in [2.75, 3.05) is 0 Å². The second kappa shape index (κ2) is 10.7. The summed E-state index contributed by atoms with van der Waals surface area (Å²) in [5.74, 6) is 2.94. The molecule has 0 N–H and O–H groups in total. The first-order valence-corrected chi connectivity index (χ1v) is 17.2. The van der Waals surface area contributed by atoms with Gasteiger partial charge in [-0.2, -0.15) is 0 Å². The molecule has 0 fully saturated rings. The summed E-state index contributed by atoms with van der Waals surface area (Å²) in [6, 6.07) is 34.6. The third kappa shape index (κ3) is 4.00. The highest BCUT2D eigenvalue weighted by molar-refractivity contribution is 5.93. The molecule has 0 saturated carbocycles. The van der Waals surface area contributed by atoms with Crippen molar-refractivity contribution in [1.29, 1.82) is 0 Å². The van der Waals surface area contributed by atoms with Crippen LogP contribution in [0.15, 0.2) is 162 Å². The van der Waals surface area contributed by atoms with E-state index in [1.165, 1.54) is 39.0 Å². The Morgan fingerprint density at radius 1 is 0.688 bits per heavy atom. The first-order chi connectivity index (χ1) is 23.8. The van der Waals surface area contributed by atoms with Crippen molar-refractivity contribution < 1.29 is 4.74 Å². The number of benzene rings is 4. The lowest BCUT2D eigenvalue weighted by atomic mass is 9.62. The lowest BCUT2D eigenvalue weighted by molar-refractivity contribution is 0.425. The first kappa shape index (κ1) is 27.6. The van der Waals surface area contributed by atoms with Gasteiger partial charge in [-0.3, -0.25) is 0 Å². The zero-order valence-corrected chi connectivity index (χ0v) is 26.7. The van der Waals surface area contributed by atoms with Gasteiger partial charge in [-0.25, -0.2) is 9.97 Å². The largest absolute Gasteiger partial charge is 0.457 e. The minimum atomic E-state index is -0.275. The van der Waals surface area contributed by atoms with Gasteiger partial charge in [0.2, 0.25) is 0 Å². The Balaban J connectivity index is 1.06. The lowest BCUT2D eigenvalue weighted by Crippen LogP contribution is -2.35. The zero-order valence-electron chi connectivity index (χ0n) is 26.7. The molecule has 0 saturated heterocycles. The molecule has 4 aliphatic carbocycles. The fourth-order valence-corrected chi connectivity index (χ4v) is 8.85. The van der Waals surface area contributed by atoms with Crippen LogP contribution in [-0.2, 0) is 5.41 Å². The molecule has 5 aliphatic rings. The number of para-hydroxylation sites is 2. The highest BCUT2D eigenvalue weighted by atomic mass is 16.5. The minimum Gasteiger partial charge on any atom is -0.457 e. The standard InChI is InChI=1S/C45H34N2O/c1-2-13-29(14-3-1)43-35-19-6-10-23-40(35)46-44(47-43)32-16-12-15-30(27-32)31-25-26-39-42(28-31)48-41-24-11-9-22-38(41)45(39)36-20-7-4-17-33(36)34-18-5-8-21-37(34)45/h1-6,9-19,22-26,28,30H,7-8,20-21,27H2. The summed E-state index contributed by atoms with van der Waals surface area (Å²) >= 11 is 0. The maximum Gasteiger partial charge on any atom is 0.156 e. The molecule has 3 nitrogen and oxygen atoms in total. The number of allylic oxidation sites excluding steroid dienone is 12. The van der Waals surface area contributed by atoms with Crippen molar-refractivity contribution in [2.45, 2.75) is 43.4 Å². The number of hydrogen-bond donors (Lipinski definition) is 0. The number of nitrogens with zero attached hydrogens (tertiary/aromatic N) is 2. The van der Waals surface area contributed by atoms with E-state index in [2.05, 4.69) is 134 Å². The smallest absolute Gasteiger partial charge is 0.156 e. The van der Waals surface area contributed by atoms with Gasteiger partial charge in [0.15, 0.2) is 5.82 Å². The van der Waals surface area contributed by atoms with Gasteiger partial charge >= 0.3 is 0 Å². The van der Waals surface area contributed by atoms with E-state index in [1.54, 1.807) is 0 Å². The van der Waals surface area contributed by atoms with Crippen LogP contribution in [0.5, 0.6) is 11.5 Å². The van der Waals surface area contributed by atoms with Crippen LogP contribution in [0.3, 0.4) is 0 Å². The Kier molecular flexibility index (Phi) is 6.17. The number of hydrogen-bond acceptors (Lipinski definition) is 3. The summed E-state index contributed by atoms with van der Waals surface area (Å²) < 4.78 is 6.83. The molecule has 5 aromatic rings. The fraction of sp³-hybridized carbons (Fsp3) is 0.156. The average molecular weight is 619 g/mol. The molecule has 1 aromatic heterocycles. The molecule has 2 heterocycles. The predicted molar refractivity (Wildman–Crippen MR) is 194 cm³/mol. The fourth-order valence-electron chi connectivity index (χ4n) is 8.85. The van der Waals surface area contributed by atoms with Crippen LogP contribution in [-0.4, -0.2) is 9.97 Å². The summed E-state index contributed by atoms with van der Waals surface area (Å²) in [6.07, 6.45) is 21.2. The Morgan fingerprint density at radius 3 is 2.25 bits per heavy atom. The molecular formula is C45H34N2O. The van der Waals surface area contributed by atoms with Gasteiger partial charge in [-0.15, -0.1) is 0 Å². The summed E-state index contributed by atoms with van der Waals surface area (Å²) in [5.41, 5.74) is 13.7. The molecule has 10 rings (SSSR count). The molecule has 1 unspecified atom stereocenters. The third-order valence-electron chi connectivity index (χ3n) is 10.9. The Morgan fingerprint density at radius 2 is 1.42 bits per heavy atom. The summed E-state index contributed by atoms with van der Waals surface area (Å²) in [4.78, 5) is 10.3. The predicted octanol–water partition coefficient (Wildman–Crippen LogP) is 11.1. The number of fused-ring (bicyclic) bond motifs is 8. The van der Waals surface area contributed by atoms with E-state index in [0.717, 1.165) is 77.2 Å². The van der Waals surface area contributed by atoms with Crippen LogP contribution >= 0.6 is 0 Å². The summed E-state index contributed by atoms with van der Waals surface area (Å²) in [7, 11) is 0. The molecule has 3 heteroatoms. The van der Waals surface area contributed by atoms with Gasteiger partial charge in [0, 0.05) is 28.0 Å². The summed E-state index contributed by atoms with van der Waals surface area (Å²) in [5, 5.41) is 1.07. The molecule has 0 radical (unpaired) electrons. The average Bonchev–Trinajstić information content (AvgIpc) is 3.45. The Hall–Kier alpha value is -5.54. The molecule has 230 valence electrons. The van der Waals surface area contributed by atoms with E-state index in [4.69, 9.17) is 14.7 Å². The molecule has 0 amide bonds. The molecule has 0 bridgehead atoms. The van der Waals surface area contributed by atoms with E-state index < -0.39 is 0 Å². The van der Waals surface area contributed by atoms with Crippen LogP contribution in [0.25, 0.3) is 27.7 Å². The van der Waals surface area contributed by atoms with Crippen LogP contribution in [0.4, 0.5) is 0 Å². The van der Waals surface area contributed by atoms with Crippen LogP contribution in [0.1, 0.15) is 60.5 Å². The second-order valence-electron chi connectivity index (χ2n) is 13.4. The molecule has 1 spiro atoms. The molecular weight excluding hydrogens is 585 g/mol. The van der Waals surface area contributed by atoms with E-state index in [0.29, 0.717) is 0 Å². The number of aromatic nitrogens is 2. The van der Waals surface area contributed by atoms with Gasteiger partial charge in [0.05, 0.1) is 16.6 Å². The van der Waals surface area contributed by atoms with E-state index in [9.17, 15) is 0 Å². The normalized spacial score (nSPS) is 19.9. The van der Waals surface area contributed by atoms with Gasteiger partial charge in [-0.05, 0) is 83.7 Å². The van der Waals surface area contributed by atoms with Crippen LogP contribution in [0, 0.1) is 0 Å². The van der Waals surface area contributed by atoms with Crippen molar-refractivity contribution >= 4 is 16.5 Å². The van der Waals surface area contributed by atoms with E-state index in [-0.39, 0.29) is 11.3 Å². The highest BCUT2D eigenvalue weighted by Crippen LogP contribution is 2.64. The van der Waals surface area contributed by atoms with Crippen molar-refractivity contribution in [3.8, 4) is 22.8 Å². The van der Waals surface area contributed by atoms with Crippen molar-refractivity contribution in [3.05, 3.63) is 184 Å². The van der Waals surface area contributed by atoms with Crippen LogP contribution < -0.4 is 4.74 Å². The van der Waals surface area contributed by atoms with Crippen molar-refractivity contribution in [1.82, 2.24) is 9.97 Å². The second-order valence-corrected chi connectivity index (χ2v) is 13.4. The minimum absolute atomic E-state index is 0.186. The van der Waals surface area contributed by atoms with E-state index in [1.807, 2.05) is 6.07 Å². The Bertz CT molecular complexity index is 2310. The van der Waals surface area contributed by atoms with Gasteiger partial charge in [0.1, 0.15) is 11.5 Å². The van der Waals surface area contributed by atoms with E-state index >= 15 is 0 Å². The van der Waals surface area contributed by atoms with Gasteiger partial charge in [-0.1, -0.05) is 121 Å². The molecule has 48 heavy (non-hydrogen) atoms. The molecule has 1 atom stereocenters. The van der Waals surface area contributed by atoms with Gasteiger partial charge in [0.25, 0.3) is 0 Å². The highest BCUT2D eigenvalue weighted by Gasteiger charge is 2.53. The van der Waals surface area contributed by atoms with Crippen LogP contribution in [0.2, 0.25) is 0 Å². The van der Waals surface area contributed by atoms with Crippen molar-refractivity contribution in [2.24, 2.45) is 0 Å². The topological polar surface area (TPSA) is 35.0 Å². The van der Waals surface area contributed by atoms with Crippen molar-refractivity contribution in [3.63, 3.8) is 0 Å². The first-order valence-electron chi connectivity index (χ1n) is 17.2.